The summed E-state index contributed by atoms with van der Waals surface area (Å²) in [5, 5.41) is 9.43. The van der Waals surface area contributed by atoms with E-state index in [2.05, 4.69) is 12.1 Å². The second-order valence-corrected chi connectivity index (χ2v) is 5.92. The molecule has 21 heavy (non-hydrogen) atoms. The number of hydrogen-bond donors (Lipinski definition) is 1. The molecule has 1 aliphatic carbocycles. The van der Waals surface area contributed by atoms with Crippen LogP contribution in [0, 0.1) is 5.82 Å². The topological polar surface area (TPSA) is 29.5 Å². The Kier molecular flexibility index (Phi) is 3.05. The lowest BCUT2D eigenvalue weighted by atomic mass is 9.87. The summed E-state index contributed by atoms with van der Waals surface area (Å²) in [5.74, 6) is -0.0316. The molecule has 4 rings (SSSR count). The molecule has 2 nitrogen and oxygen atoms in total. The van der Waals surface area contributed by atoms with Gasteiger partial charge in [-0.2, -0.15) is 0 Å². The first-order chi connectivity index (χ1) is 10.3. The highest BCUT2D eigenvalue weighted by atomic mass is 19.1. The van der Waals surface area contributed by atoms with E-state index in [-0.39, 0.29) is 30.5 Å². The first kappa shape index (κ1) is 13.0. The molecular weight excluding hydrogens is 267 g/mol. The van der Waals surface area contributed by atoms with Crippen molar-refractivity contribution < 1.29 is 14.2 Å². The van der Waals surface area contributed by atoms with Gasteiger partial charge < -0.3 is 9.84 Å². The van der Waals surface area contributed by atoms with Gasteiger partial charge in [-0.15, -0.1) is 0 Å². The van der Waals surface area contributed by atoms with Crippen molar-refractivity contribution in [2.75, 3.05) is 6.61 Å². The Morgan fingerprint density at radius 3 is 2.76 bits per heavy atom. The second-order valence-electron chi connectivity index (χ2n) is 5.92. The average molecular weight is 284 g/mol. The van der Waals surface area contributed by atoms with Crippen LogP contribution in [0.3, 0.4) is 0 Å². The number of aliphatic hydroxyl groups excluding tert-OH is 1. The molecule has 1 saturated heterocycles. The van der Waals surface area contributed by atoms with Gasteiger partial charge in [-0.25, -0.2) is 4.39 Å². The van der Waals surface area contributed by atoms with Crippen molar-refractivity contribution in [3.05, 3.63) is 70.5 Å². The first-order valence-corrected chi connectivity index (χ1v) is 7.38. The van der Waals surface area contributed by atoms with Crippen molar-refractivity contribution >= 4 is 0 Å². The van der Waals surface area contributed by atoms with Crippen molar-refractivity contribution in [2.24, 2.45) is 0 Å². The molecule has 0 bridgehead atoms. The van der Waals surface area contributed by atoms with E-state index in [9.17, 15) is 9.50 Å². The fourth-order valence-electron chi connectivity index (χ4n) is 3.72. The molecule has 0 amide bonds. The third kappa shape index (κ3) is 2.08. The summed E-state index contributed by atoms with van der Waals surface area (Å²) in [6.07, 6.45) is 1.28. The number of halogens is 1. The highest BCUT2D eigenvalue weighted by Crippen LogP contribution is 2.49. The Balaban J connectivity index is 1.90. The molecule has 1 fully saturated rings. The van der Waals surface area contributed by atoms with E-state index in [0.29, 0.717) is 0 Å². The Labute approximate surface area is 123 Å². The van der Waals surface area contributed by atoms with Crippen LogP contribution in [0.2, 0.25) is 0 Å². The molecule has 0 radical (unpaired) electrons. The third-order valence-corrected chi connectivity index (χ3v) is 4.67. The number of ether oxygens (including phenoxy) is 1. The second kappa shape index (κ2) is 4.93. The van der Waals surface area contributed by atoms with Crippen LogP contribution in [0.5, 0.6) is 0 Å². The Bertz CT molecular complexity index is 683. The molecule has 0 aromatic heterocycles. The van der Waals surface area contributed by atoms with Crippen LogP contribution < -0.4 is 0 Å². The molecule has 1 heterocycles. The quantitative estimate of drug-likeness (QED) is 0.870. The molecule has 2 aromatic rings. The van der Waals surface area contributed by atoms with Gasteiger partial charge >= 0.3 is 0 Å². The highest BCUT2D eigenvalue weighted by Gasteiger charge is 2.40. The van der Waals surface area contributed by atoms with Crippen LogP contribution in [0.15, 0.2) is 42.5 Å². The van der Waals surface area contributed by atoms with Gasteiger partial charge in [-0.1, -0.05) is 30.3 Å². The molecule has 2 unspecified atom stereocenters. The molecular formula is C18H17FO2. The van der Waals surface area contributed by atoms with Crippen LogP contribution in [-0.4, -0.2) is 17.8 Å². The van der Waals surface area contributed by atoms with Crippen LogP contribution in [0.4, 0.5) is 4.39 Å². The van der Waals surface area contributed by atoms with Gasteiger partial charge in [-0.05, 0) is 47.2 Å². The molecule has 2 aliphatic rings. The summed E-state index contributed by atoms with van der Waals surface area (Å²) in [7, 11) is 0. The average Bonchev–Trinajstić information content (AvgIpc) is 2.89. The fraction of sp³-hybridized carbons (Fsp3) is 0.333. The SMILES string of the molecule is OC[C@@H]1CC2c3ccccc3Cc3ccc(F)cc3C2O1. The lowest BCUT2D eigenvalue weighted by Gasteiger charge is -2.19. The minimum atomic E-state index is -0.227. The molecule has 3 atom stereocenters. The van der Waals surface area contributed by atoms with Gasteiger partial charge in [0, 0.05) is 5.92 Å². The van der Waals surface area contributed by atoms with Crippen LogP contribution in [0.25, 0.3) is 0 Å². The smallest absolute Gasteiger partial charge is 0.123 e. The van der Waals surface area contributed by atoms with E-state index in [0.717, 1.165) is 24.0 Å². The predicted octanol–water partition coefficient (Wildman–Crippen LogP) is 3.34. The van der Waals surface area contributed by atoms with E-state index in [1.165, 1.54) is 17.2 Å². The zero-order chi connectivity index (χ0) is 14.4. The largest absolute Gasteiger partial charge is 0.394 e. The van der Waals surface area contributed by atoms with E-state index < -0.39 is 0 Å². The normalized spacial score (nSPS) is 26.7. The van der Waals surface area contributed by atoms with Crippen LogP contribution >= 0.6 is 0 Å². The van der Waals surface area contributed by atoms with Gasteiger partial charge in [0.05, 0.1) is 18.8 Å². The minimum absolute atomic E-state index is 0.0137. The summed E-state index contributed by atoms with van der Waals surface area (Å²) in [6, 6.07) is 13.3. The Morgan fingerprint density at radius 1 is 1.10 bits per heavy atom. The van der Waals surface area contributed by atoms with E-state index in [1.807, 2.05) is 18.2 Å². The molecule has 3 heteroatoms. The maximum atomic E-state index is 13.7. The van der Waals surface area contributed by atoms with Gasteiger partial charge in [-0.3, -0.25) is 0 Å². The number of rotatable bonds is 1. The van der Waals surface area contributed by atoms with E-state index >= 15 is 0 Å². The Morgan fingerprint density at radius 2 is 1.90 bits per heavy atom. The first-order valence-electron chi connectivity index (χ1n) is 7.38. The van der Waals surface area contributed by atoms with Crippen molar-refractivity contribution in [2.45, 2.75) is 31.0 Å². The van der Waals surface area contributed by atoms with Crippen LogP contribution in [0.1, 0.15) is 40.7 Å². The van der Waals surface area contributed by atoms with Crippen LogP contribution in [-0.2, 0) is 11.2 Å². The van der Waals surface area contributed by atoms with Gasteiger partial charge in [0.15, 0.2) is 0 Å². The van der Waals surface area contributed by atoms with Crippen molar-refractivity contribution in [1.82, 2.24) is 0 Å². The highest BCUT2D eigenvalue weighted by molar-refractivity contribution is 5.45. The monoisotopic (exact) mass is 284 g/mol. The van der Waals surface area contributed by atoms with E-state index in [1.54, 1.807) is 6.07 Å². The summed E-state index contributed by atoms with van der Waals surface area (Å²) >= 11 is 0. The predicted molar refractivity (Wildman–Crippen MR) is 77.7 cm³/mol. The molecule has 2 aromatic carbocycles. The molecule has 108 valence electrons. The Hall–Kier alpha value is -1.71. The van der Waals surface area contributed by atoms with Crippen molar-refractivity contribution in [1.29, 1.82) is 0 Å². The number of benzene rings is 2. The fourth-order valence-corrected chi connectivity index (χ4v) is 3.72. The summed E-state index contributed by atoms with van der Waals surface area (Å²) < 4.78 is 19.7. The number of fused-ring (bicyclic) bond motifs is 5. The summed E-state index contributed by atoms with van der Waals surface area (Å²) in [4.78, 5) is 0. The van der Waals surface area contributed by atoms with Gasteiger partial charge in [0.2, 0.25) is 0 Å². The zero-order valence-corrected chi connectivity index (χ0v) is 11.6. The number of hydrogen-bond acceptors (Lipinski definition) is 2. The van der Waals surface area contributed by atoms with Crippen molar-refractivity contribution in [3.63, 3.8) is 0 Å². The third-order valence-electron chi connectivity index (χ3n) is 4.67. The van der Waals surface area contributed by atoms with Gasteiger partial charge in [0.25, 0.3) is 0 Å². The van der Waals surface area contributed by atoms with Gasteiger partial charge in [0.1, 0.15) is 5.82 Å². The standard InChI is InChI=1S/C18H17FO2/c19-13-6-5-12-7-11-3-1-2-4-15(11)17-9-14(10-20)21-18(17)16(12)8-13/h1-6,8,14,17-18,20H,7,9-10H2/t14-,17?,18?/m0/s1. The number of aliphatic hydroxyl groups is 1. The summed E-state index contributed by atoms with van der Waals surface area (Å²) in [6.45, 7) is 0.0137. The lowest BCUT2D eigenvalue weighted by Crippen LogP contribution is -2.11. The molecule has 0 spiro atoms. The lowest BCUT2D eigenvalue weighted by molar-refractivity contribution is 0.00829. The molecule has 0 saturated carbocycles. The summed E-state index contributed by atoms with van der Waals surface area (Å²) in [5.41, 5.74) is 4.61. The van der Waals surface area contributed by atoms with E-state index in [4.69, 9.17) is 4.74 Å². The molecule has 1 N–H and O–H groups in total. The molecule has 1 aliphatic heterocycles. The zero-order valence-electron chi connectivity index (χ0n) is 11.6. The van der Waals surface area contributed by atoms with Crippen molar-refractivity contribution in [3.8, 4) is 0 Å². The minimum Gasteiger partial charge on any atom is -0.394 e. The maximum absolute atomic E-state index is 13.7. The maximum Gasteiger partial charge on any atom is 0.123 e.